The van der Waals surface area contributed by atoms with Crippen molar-refractivity contribution in [1.82, 2.24) is 14.7 Å². The number of likely N-dealkylation sites (N-methyl/N-ethyl adjacent to an activating group) is 1. The van der Waals surface area contributed by atoms with Gasteiger partial charge in [0.15, 0.2) is 0 Å². The average Bonchev–Trinajstić information content (AvgIpc) is 2.48. The molecule has 0 aromatic carbocycles. The van der Waals surface area contributed by atoms with E-state index in [4.69, 9.17) is 0 Å². The Labute approximate surface area is 85.7 Å². The molecule has 0 saturated carbocycles. The second kappa shape index (κ2) is 3.73. The van der Waals surface area contributed by atoms with Gasteiger partial charge in [-0.3, -0.25) is 9.58 Å². The van der Waals surface area contributed by atoms with E-state index in [9.17, 15) is 0 Å². The Bertz CT molecular complexity index is 316. The fourth-order valence-electron chi connectivity index (χ4n) is 2.24. The summed E-state index contributed by atoms with van der Waals surface area (Å²) in [6.07, 6.45) is 2.29. The standard InChI is InChI=1S/C11H19N3/c1-4-5-10-6-11-8-13(3)7-9(2)14(11)12-10/h6,9H,4-5,7-8H2,1-3H3. The maximum absolute atomic E-state index is 4.65. The van der Waals surface area contributed by atoms with E-state index in [-0.39, 0.29) is 0 Å². The summed E-state index contributed by atoms with van der Waals surface area (Å²) < 4.78 is 2.20. The van der Waals surface area contributed by atoms with Crippen molar-refractivity contribution in [3.05, 3.63) is 17.5 Å². The highest BCUT2D eigenvalue weighted by Crippen LogP contribution is 2.20. The summed E-state index contributed by atoms with van der Waals surface area (Å²) in [6.45, 7) is 6.59. The number of aromatic nitrogens is 2. The maximum atomic E-state index is 4.65. The maximum Gasteiger partial charge on any atom is 0.0628 e. The number of hydrogen-bond donors (Lipinski definition) is 0. The molecule has 14 heavy (non-hydrogen) atoms. The van der Waals surface area contributed by atoms with Gasteiger partial charge in [0.1, 0.15) is 0 Å². The molecule has 0 N–H and O–H groups in total. The minimum absolute atomic E-state index is 0.523. The lowest BCUT2D eigenvalue weighted by Gasteiger charge is -2.28. The molecule has 0 saturated heterocycles. The Balaban J connectivity index is 2.26. The van der Waals surface area contributed by atoms with Gasteiger partial charge in [0.05, 0.1) is 17.4 Å². The molecule has 1 aliphatic rings. The van der Waals surface area contributed by atoms with Crippen LogP contribution in [0, 0.1) is 0 Å². The van der Waals surface area contributed by atoms with Crippen LogP contribution >= 0.6 is 0 Å². The molecule has 1 aliphatic heterocycles. The van der Waals surface area contributed by atoms with Crippen LogP contribution in [0.25, 0.3) is 0 Å². The SMILES string of the molecule is CCCc1cc2n(n1)C(C)CN(C)C2. The zero-order valence-electron chi connectivity index (χ0n) is 9.32. The van der Waals surface area contributed by atoms with Gasteiger partial charge in [-0.15, -0.1) is 0 Å². The predicted octanol–water partition coefficient (Wildman–Crippen LogP) is 1.84. The Kier molecular flexibility index (Phi) is 2.59. The van der Waals surface area contributed by atoms with Crippen LogP contribution in [0.1, 0.15) is 37.7 Å². The fourth-order valence-corrected chi connectivity index (χ4v) is 2.24. The first kappa shape index (κ1) is 9.71. The molecule has 1 aromatic rings. The molecule has 78 valence electrons. The number of rotatable bonds is 2. The Morgan fingerprint density at radius 2 is 2.36 bits per heavy atom. The summed E-state index contributed by atoms with van der Waals surface area (Å²) >= 11 is 0. The summed E-state index contributed by atoms with van der Waals surface area (Å²) in [6, 6.07) is 2.78. The highest BCUT2D eigenvalue weighted by Gasteiger charge is 2.20. The van der Waals surface area contributed by atoms with Crippen molar-refractivity contribution in [2.24, 2.45) is 0 Å². The molecular formula is C11H19N3. The molecule has 0 aliphatic carbocycles. The molecule has 0 spiro atoms. The third-order valence-electron chi connectivity index (χ3n) is 2.80. The van der Waals surface area contributed by atoms with Crippen molar-refractivity contribution in [2.75, 3.05) is 13.6 Å². The topological polar surface area (TPSA) is 21.1 Å². The first-order valence-corrected chi connectivity index (χ1v) is 5.46. The molecular weight excluding hydrogens is 174 g/mol. The number of hydrogen-bond acceptors (Lipinski definition) is 2. The van der Waals surface area contributed by atoms with E-state index in [1.807, 2.05) is 0 Å². The van der Waals surface area contributed by atoms with Gasteiger partial charge in [-0.2, -0.15) is 5.10 Å². The van der Waals surface area contributed by atoms with Crippen LogP contribution in [0.15, 0.2) is 6.07 Å². The molecule has 2 heterocycles. The van der Waals surface area contributed by atoms with Crippen LogP contribution in [-0.2, 0) is 13.0 Å². The average molecular weight is 193 g/mol. The van der Waals surface area contributed by atoms with Gasteiger partial charge in [0.25, 0.3) is 0 Å². The monoisotopic (exact) mass is 193 g/mol. The molecule has 1 unspecified atom stereocenters. The largest absolute Gasteiger partial charge is 0.298 e. The molecule has 0 radical (unpaired) electrons. The van der Waals surface area contributed by atoms with E-state index in [2.05, 4.69) is 41.6 Å². The summed E-state index contributed by atoms with van der Waals surface area (Å²) in [7, 11) is 2.17. The minimum Gasteiger partial charge on any atom is -0.298 e. The van der Waals surface area contributed by atoms with Crippen molar-refractivity contribution in [1.29, 1.82) is 0 Å². The molecule has 3 nitrogen and oxygen atoms in total. The first-order chi connectivity index (χ1) is 6.70. The number of nitrogens with zero attached hydrogens (tertiary/aromatic N) is 3. The van der Waals surface area contributed by atoms with Gasteiger partial charge in [0, 0.05) is 13.1 Å². The summed E-state index contributed by atoms with van der Waals surface area (Å²) in [5.74, 6) is 0. The lowest BCUT2D eigenvalue weighted by Crippen LogP contribution is -2.33. The normalized spacial score (nSPS) is 22.4. The highest BCUT2D eigenvalue weighted by molar-refractivity contribution is 5.13. The van der Waals surface area contributed by atoms with Gasteiger partial charge < -0.3 is 0 Å². The molecule has 2 rings (SSSR count). The number of fused-ring (bicyclic) bond motifs is 1. The van der Waals surface area contributed by atoms with Crippen LogP contribution < -0.4 is 0 Å². The van der Waals surface area contributed by atoms with Crippen molar-refractivity contribution < 1.29 is 0 Å². The number of aryl methyl sites for hydroxylation is 1. The molecule has 0 bridgehead atoms. The van der Waals surface area contributed by atoms with E-state index in [0.29, 0.717) is 6.04 Å². The molecule has 1 atom stereocenters. The second-order valence-corrected chi connectivity index (χ2v) is 4.37. The molecule has 1 aromatic heterocycles. The molecule has 3 heteroatoms. The van der Waals surface area contributed by atoms with Gasteiger partial charge >= 0.3 is 0 Å². The van der Waals surface area contributed by atoms with Crippen molar-refractivity contribution in [3.63, 3.8) is 0 Å². The van der Waals surface area contributed by atoms with E-state index in [1.54, 1.807) is 0 Å². The lowest BCUT2D eigenvalue weighted by molar-refractivity contribution is 0.220. The second-order valence-electron chi connectivity index (χ2n) is 4.37. The lowest BCUT2D eigenvalue weighted by atomic mass is 10.2. The first-order valence-electron chi connectivity index (χ1n) is 5.46. The van der Waals surface area contributed by atoms with E-state index in [0.717, 1.165) is 19.5 Å². The Hall–Kier alpha value is -0.830. The highest BCUT2D eigenvalue weighted by atomic mass is 15.4. The van der Waals surface area contributed by atoms with Crippen LogP contribution in [0.3, 0.4) is 0 Å². The fraction of sp³-hybridized carbons (Fsp3) is 0.727. The summed E-state index contributed by atoms with van der Waals surface area (Å²) in [5, 5.41) is 4.65. The Morgan fingerprint density at radius 3 is 3.07 bits per heavy atom. The third kappa shape index (κ3) is 1.69. The van der Waals surface area contributed by atoms with E-state index in [1.165, 1.54) is 17.8 Å². The van der Waals surface area contributed by atoms with Crippen molar-refractivity contribution in [3.8, 4) is 0 Å². The van der Waals surface area contributed by atoms with Gasteiger partial charge in [-0.1, -0.05) is 13.3 Å². The van der Waals surface area contributed by atoms with E-state index < -0.39 is 0 Å². The molecule has 0 amide bonds. The van der Waals surface area contributed by atoms with Crippen molar-refractivity contribution >= 4 is 0 Å². The zero-order chi connectivity index (χ0) is 10.1. The van der Waals surface area contributed by atoms with Crippen LogP contribution in [0.2, 0.25) is 0 Å². The van der Waals surface area contributed by atoms with Crippen LogP contribution in [0.4, 0.5) is 0 Å². The van der Waals surface area contributed by atoms with Crippen molar-refractivity contribution in [2.45, 2.75) is 39.3 Å². The van der Waals surface area contributed by atoms with Crippen LogP contribution in [-0.4, -0.2) is 28.3 Å². The van der Waals surface area contributed by atoms with Gasteiger partial charge in [-0.05, 0) is 26.5 Å². The van der Waals surface area contributed by atoms with Gasteiger partial charge in [-0.25, -0.2) is 0 Å². The molecule has 0 fully saturated rings. The summed E-state index contributed by atoms with van der Waals surface area (Å²) in [4.78, 5) is 2.36. The zero-order valence-corrected chi connectivity index (χ0v) is 9.32. The third-order valence-corrected chi connectivity index (χ3v) is 2.80. The summed E-state index contributed by atoms with van der Waals surface area (Å²) in [5.41, 5.74) is 2.62. The minimum atomic E-state index is 0.523. The smallest absolute Gasteiger partial charge is 0.0628 e. The quantitative estimate of drug-likeness (QED) is 0.714. The van der Waals surface area contributed by atoms with Crippen LogP contribution in [0.5, 0.6) is 0 Å². The van der Waals surface area contributed by atoms with E-state index >= 15 is 0 Å². The predicted molar refractivity (Wildman–Crippen MR) is 57.3 cm³/mol. The Morgan fingerprint density at radius 1 is 1.57 bits per heavy atom. The van der Waals surface area contributed by atoms with Gasteiger partial charge in [0.2, 0.25) is 0 Å².